The summed E-state index contributed by atoms with van der Waals surface area (Å²) in [6.07, 6.45) is 0.425. The van der Waals surface area contributed by atoms with Gasteiger partial charge in [-0.25, -0.2) is 4.57 Å². The molecule has 0 saturated heterocycles. The Bertz CT molecular complexity index is 457. The van der Waals surface area contributed by atoms with Crippen LogP contribution >= 0.6 is 0 Å². The third-order valence-corrected chi connectivity index (χ3v) is 3.31. The minimum absolute atomic E-state index is 0.188. The minimum atomic E-state index is -3.84. The van der Waals surface area contributed by atoms with E-state index in [1.807, 2.05) is 20.8 Å². The van der Waals surface area contributed by atoms with Crippen LogP contribution in [0.25, 0.3) is 0 Å². The molecule has 1 rings (SSSR count). The Morgan fingerprint density at radius 1 is 1.19 bits per heavy atom. The van der Waals surface area contributed by atoms with E-state index in [2.05, 4.69) is 16.7 Å². The number of aryl methyl sites for hydroxylation is 3. The van der Waals surface area contributed by atoms with Gasteiger partial charge in [-0.15, -0.1) is 0 Å². The van der Waals surface area contributed by atoms with Crippen LogP contribution in [-0.2, 0) is 16.7 Å². The second-order valence-corrected chi connectivity index (χ2v) is 5.68. The summed E-state index contributed by atoms with van der Waals surface area (Å²) in [6.45, 7) is 6.63. The fourth-order valence-electron chi connectivity index (χ4n) is 1.89. The number of pyridine rings is 1. The molecule has 1 heterocycles. The van der Waals surface area contributed by atoms with Gasteiger partial charge in [-0.1, -0.05) is 0 Å². The van der Waals surface area contributed by atoms with Gasteiger partial charge in [0.1, 0.15) is 6.54 Å². The van der Waals surface area contributed by atoms with Crippen molar-refractivity contribution in [2.45, 2.75) is 33.7 Å². The van der Waals surface area contributed by atoms with Crippen LogP contribution in [0.3, 0.4) is 0 Å². The second kappa shape index (κ2) is 4.93. The molecule has 0 fully saturated rings. The molecule has 0 saturated carbocycles. The maximum Gasteiger partial charge on any atom is 0.265 e. The number of hydrogen-bond acceptors (Lipinski definition) is 2. The lowest BCUT2D eigenvalue weighted by molar-refractivity contribution is -0.708. The van der Waals surface area contributed by atoms with Crippen molar-refractivity contribution in [3.8, 4) is 0 Å². The van der Waals surface area contributed by atoms with Gasteiger partial charge in [-0.2, -0.15) is 8.42 Å². The van der Waals surface area contributed by atoms with Crippen LogP contribution in [0, 0.1) is 20.8 Å². The molecule has 0 aliphatic carbocycles. The van der Waals surface area contributed by atoms with Gasteiger partial charge in [0.15, 0.2) is 11.4 Å². The molecule has 1 N–H and O–H groups in total. The average molecular weight is 244 g/mol. The summed E-state index contributed by atoms with van der Waals surface area (Å²) in [5.41, 5.74) is 3.40. The Labute approximate surface area is 96.7 Å². The molecule has 1 aromatic heterocycles. The van der Waals surface area contributed by atoms with E-state index in [1.165, 1.54) is 5.56 Å². The number of nitrogens with zero attached hydrogens (tertiary/aromatic N) is 1. The average Bonchev–Trinajstić information content (AvgIpc) is 2.07. The highest BCUT2D eigenvalue weighted by Crippen LogP contribution is 2.02. The monoisotopic (exact) mass is 244 g/mol. The summed E-state index contributed by atoms with van der Waals surface area (Å²) in [6, 6.07) is 4.11. The molecule has 1 aromatic rings. The topological polar surface area (TPSA) is 58.2 Å². The van der Waals surface area contributed by atoms with Gasteiger partial charge < -0.3 is 0 Å². The first kappa shape index (κ1) is 13.1. The Balaban J connectivity index is 2.75. The van der Waals surface area contributed by atoms with Crippen molar-refractivity contribution in [1.29, 1.82) is 0 Å². The minimum Gasteiger partial charge on any atom is -0.286 e. The quantitative estimate of drug-likeness (QED) is 0.639. The van der Waals surface area contributed by atoms with E-state index in [9.17, 15) is 8.42 Å². The standard InChI is InChI=1S/C11H17NO3S/c1-9-7-10(2)12(11(3)8-9)5-4-6-16(13,14)15/h7-8H,4-6H2,1-3H3/p+1. The predicted molar refractivity (Wildman–Crippen MR) is 61.9 cm³/mol. The third-order valence-electron chi connectivity index (χ3n) is 2.51. The number of rotatable bonds is 4. The lowest BCUT2D eigenvalue weighted by Crippen LogP contribution is -2.41. The Kier molecular flexibility index (Phi) is 4.04. The van der Waals surface area contributed by atoms with E-state index < -0.39 is 10.1 Å². The first-order valence-electron chi connectivity index (χ1n) is 5.22. The van der Waals surface area contributed by atoms with Crippen molar-refractivity contribution in [2.24, 2.45) is 0 Å². The van der Waals surface area contributed by atoms with Gasteiger partial charge in [0.05, 0.1) is 5.75 Å². The molecule has 5 heteroatoms. The molecule has 0 amide bonds. The lowest BCUT2D eigenvalue weighted by Gasteiger charge is -2.04. The van der Waals surface area contributed by atoms with Crippen LogP contribution in [0.2, 0.25) is 0 Å². The molecular weight excluding hydrogens is 226 g/mol. The highest BCUT2D eigenvalue weighted by Gasteiger charge is 2.13. The lowest BCUT2D eigenvalue weighted by atomic mass is 10.2. The molecule has 0 radical (unpaired) electrons. The van der Waals surface area contributed by atoms with Crippen molar-refractivity contribution in [2.75, 3.05) is 5.75 Å². The van der Waals surface area contributed by atoms with Crippen molar-refractivity contribution in [3.05, 3.63) is 29.1 Å². The second-order valence-electron chi connectivity index (χ2n) is 4.11. The van der Waals surface area contributed by atoms with Crippen molar-refractivity contribution >= 4 is 10.1 Å². The Morgan fingerprint density at radius 2 is 1.69 bits per heavy atom. The molecular formula is C11H18NO3S+. The summed E-state index contributed by atoms with van der Waals surface area (Å²) >= 11 is 0. The first-order valence-corrected chi connectivity index (χ1v) is 6.83. The van der Waals surface area contributed by atoms with Crippen LogP contribution in [0.1, 0.15) is 23.4 Å². The summed E-state index contributed by atoms with van der Waals surface area (Å²) in [5, 5.41) is 0. The van der Waals surface area contributed by atoms with E-state index in [0.29, 0.717) is 13.0 Å². The summed E-state index contributed by atoms with van der Waals surface area (Å²) in [7, 11) is -3.84. The van der Waals surface area contributed by atoms with Crippen LogP contribution in [-0.4, -0.2) is 18.7 Å². The van der Waals surface area contributed by atoms with Crippen LogP contribution in [0.5, 0.6) is 0 Å². The molecule has 0 aromatic carbocycles. The van der Waals surface area contributed by atoms with Gasteiger partial charge >= 0.3 is 0 Å². The molecule has 0 bridgehead atoms. The zero-order valence-corrected chi connectivity index (χ0v) is 10.7. The highest BCUT2D eigenvalue weighted by molar-refractivity contribution is 7.85. The van der Waals surface area contributed by atoms with Gasteiger partial charge in [-0.05, 0) is 12.5 Å². The SMILES string of the molecule is Cc1cc(C)[n+](CCCS(=O)(=O)O)c(C)c1. The van der Waals surface area contributed by atoms with Crippen LogP contribution in [0.15, 0.2) is 12.1 Å². The molecule has 4 nitrogen and oxygen atoms in total. The van der Waals surface area contributed by atoms with Gasteiger partial charge in [0.2, 0.25) is 0 Å². The van der Waals surface area contributed by atoms with Gasteiger partial charge in [0.25, 0.3) is 10.1 Å². The maximum atomic E-state index is 10.6. The summed E-state index contributed by atoms with van der Waals surface area (Å²) in [4.78, 5) is 0. The van der Waals surface area contributed by atoms with E-state index >= 15 is 0 Å². The summed E-state index contributed by atoms with van der Waals surface area (Å²) in [5.74, 6) is -0.188. The van der Waals surface area contributed by atoms with Crippen LogP contribution in [0.4, 0.5) is 0 Å². The molecule has 0 aliphatic heterocycles. The van der Waals surface area contributed by atoms with Gasteiger partial charge in [0, 0.05) is 32.4 Å². The van der Waals surface area contributed by atoms with Crippen molar-refractivity contribution in [3.63, 3.8) is 0 Å². The zero-order chi connectivity index (χ0) is 12.3. The largest absolute Gasteiger partial charge is 0.286 e. The Morgan fingerprint density at radius 3 is 2.12 bits per heavy atom. The normalized spacial score (nSPS) is 11.8. The molecule has 0 aliphatic rings. The predicted octanol–water partition coefficient (Wildman–Crippen LogP) is 1.18. The molecule has 0 spiro atoms. The number of hydrogen-bond donors (Lipinski definition) is 1. The molecule has 16 heavy (non-hydrogen) atoms. The van der Waals surface area contributed by atoms with E-state index in [4.69, 9.17) is 4.55 Å². The first-order chi connectivity index (χ1) is 7.29. The third kappa shape index (κ3) is 3.90. The van der Waals surface area contributed by atoms with E-state index in [-0.39, 0.29) is 5.75 Å². The highest BCUT2D eigenvalue weighted by atomic mass is 32.2. The smallest absolute Gasteiger partial charge is 0.265 e. The Hall–Kier alpha value is -0.940. The zero-order valence-electron chi connectivity index (χ0n) is 9.90. The maximum absolute atomic E-state index is 10.6. The van der Waals surface area contributed by atoms with Crippen molar-refractivity contribution < 1.29 is 17.5 Å². The number of aromatic nitrogens is 1. The molecule has 0 unspecified atom stereocenters. The molecule has 0 atom stereocenters. The molecule has 90 valence electrons. The fourth-order valence-corrected chi connectivity index (χ4v) is 2.39. The van der Waals surface area contributed by atoms with Gasteiger partial charge in [-0.3, -0.25) is 4.55 Å². The summed E-state index contributed by atoms with van der Waals surface area (Å²) < 4.78 is 31.9. The van der Waals surface area contributed by atoms with E-state index in [1.54, 1.807) is 0 Å². The van der Waals surface area contributed by atoms with Crippen LogP contribution < -0.4 is 4.57 Å². The van der Waals surface area contributed by atoms with Crippen molar-refractivity contribution in [1.82, 2.24) is 0 Å². The van der Waals surface area contributed by atoms with E-state index in [0.717, 1.165) is 11.4 Å². The fraction of sp³-hybridized carbons (Fsp3) is 0.545.